The van der Waals surface area contributed by atoms with E-state index in [1.54, 1.807) is 24.3 Å². The third-order valence-corrected chi connectivity index (χ3v) is 3.33. The minimum absolute atomic E-state index is 0.207. The van der Waals surface area contributed by atoms with Crippen molar-refractivity contribution in [3.63, 3.8) is 0 Å². The molecule has 0 unspecified atom stereocenters. The van der Waals surface area contributed by atoms with Gasteiger partial charge in [0, 0.05) is 17.3 Å². The van der Waals surface area contributed by atoms with Crippen LogP contribution >= 0.6 is 11.6 Å². The van der Waals surface area contributed by atoms with Gasteiger partial charge in [0.2, 0.25) is 0 Å². The molecule has 2 aromatic rings. The Bertz CT molecular complexity index is 603. The number of amides is 2. The lowest BCUT2D eigenvalue weighted by molar-refractivity contribution is 0.252. The molecule has 2 rings (SSSR count). The Morgan fingerprint density at radius 2 is 1.67 bits per heavy atom. The van der Waals surface area contributed by atoms with E-state index in [9.17, 15) is 4.79 Å². The summed E-state index contributed by atoms with van der Waals surface area (Å²) >= 11 is 5.80. The quantitative estimate of drug-likeness (QED) is 0.867. The molecule has 0 fully saturated rings. The van der Waals surface area contributed by atoms with Crippen LogP contribution in [0.2, 0.25) is 5.02 Å². The summed E-state index contributed by atoms with van der Waals surface area (Å²) < 4.78 is 0. The maximum Gasteiger partial charge on any atom is 0.319 e. The van der Waals surface area contributed by atoms with Crippen LogP contribution in [0.3, 0.4) is 0 Å². The number of carbonyl (C=O) groups excluding carboxylic acids is 1. The average Bonchev–Trinajstić information content (AvgIpc) is 2.40. The monoisotopic (exact) mass is 302 g/mol. The second-order valence-corrected chi connectivity index (χ2v) is 5.57. The zero-order valence-corrected chi connectivity index (χ0v) is 13.0. The van der Waals surface area contributed by atoms with E-state index < -0.39 is 0 Å². The molecule has 0 spiro atoms. The van der Waals surface area contributed by atoms with Crippen molar-refractivity contribution in [1.29, 1.82) is 0 Å². The van der Waals surface area contributed by atoms with Crippen molar-refractivity contribution < 1.29 is 4.79 Å². The predicted molar refractivity (Wildman–Crippen MR) is 88.1 cm³/mol. The lowest BCUT2D eigenvalue weighted by Crippen LogP contribution is -2.30. The Balaban J connectivity index is 1.80. The molecule has 4 heteroatoms. The molecule has 2 N–H and O–H groups in total. The van der Waals surface area contributed by atoms with Crippen molar-refractivity contribution >= 4 is 23.3 Å². The maximum absolute atomic E-state index is 11.8. The highest BCUT2D eigenvalue weighted by molar-refractivity contribution is 6.30. The summed E-state index contributed by atoms with van der Waals surface area (Å²) in [5, 5.41) is 6.27. The molecule has 2 aromatic carbocycles. The van der Waals surface area contributed by atoms with Gasteiger partial charge in [-0.2, -0.15) is 0 Å². The average molecular weight is 303 g/mol. The van der Waals surface area contributed by atoms with Crippen molar-refractivity contribution in [3.05, 3.63) is 64.2 Å². The van der Waals surface area contributed by atoms with E-state index in [0.717, 1.165) is 12.1 Å². The molecule has 110 valence electrons. The number of carbonyl (C=O) groups is 1. The fraction of sp³-hybridized carbons (Fsp3) is 0.235. The number of hydrogen-bond acceptors (Lipinski definition) is 1. The Morgan fingerprint density at radius 1 is 1.05 bits per heavy atom. The number of nitrogens with one attached hydrogen (secondary N) is 2. The molecule has 0 bridgehead atoms. The SMILES string of the molecule is Cc1cc(C)cc(CCNC(=O)Nc2ccc(Cl)cc2)c1. The topological polar surface area (TPSA) is 41.1 Å². The highest BCUT2D eigenvalue weighted by Crippen LogP contribution is 2.13. The molecule has 0 aliphatic rings. The fourth-order valence-electron chi connectivity index (χ4n) is 2.24. The van der Waals surface area contributed by atoms with Gasteiger partial charge in [0.15, 0.2) is 0 Å². The number of hydrogen-bond donors (Lipinski definition) is 2. The van der Waals surface area contributed by atoms with E-state index in [2.05, 4.69) is 42.7 Å². The first-order chi connectivity index (χ1) is 10.0. The number of anilines is 1. The number of aryl methyl sites for hydroxylation is 2. The van der Waals surface area contributed by atoms with Gasteiger partial charge in [-0.05, 0) is 50.1 Å². The molecule has 0 aliphatic heterocycles. The molecule has 3 nitrogen and oxygen atoms in total. The van der Waals surface area contributed by atoms with Gasteiger partial charge in [-0.1, -0.05) is 40.9 Å². The third-order valence-electron chi connectivity index (χ3n) is 3.08. The second-order valence-electron chi connectivity index (χ2n) is 5.13. The van der Waals surface area contributed by atoms with Crippen LogP contribution in [-0.4, -0.2) is 12.6 Å². The maximum atomic E-state index is 11.8. The summed E-state index contributed by atoms with van der Waals surface area (Å²) in [4.78, 5) is 11.8. The van der Waals surface area contributed by atoms with Gasteiger partial charge < -0.3 is 10.6 Å². The first kappa shape index (κ1) is 15.4. The molecule has 0 aliphatic carbocycles. The summed E-state index contributed by atoms with van der Waals surface area (Å²) in [5.74, 6) is 0. The molecule has 0 heterocycles. The van der Waals surface area contributed by atoms with Crippen LogP contribution in [0.4, 0.5) is 10.5 Å². The van der Waals surface area contributed by atoms with Gasteiger partial charge >= 0.3 is 6.03 Å². The van der Waals surface area contributed by atoms with Gasteiger partial charge in [-0.25, -0.2) is 4.79 Å². The molecular weight excluding hydrogens is 284 g/mol. The number of benzene rings is 2. The van der Waals surface area contributed by atoms with E-state index in [0.29, 0.717) is 11.6 Å². The van der Waals surface area contributed by atoms with Crippen molar-refractivity contribution in [2.45, 2.75) is 20.3 Å². The van der Waals surface area contributed by atoms with Gasteiger partial charge in [0.05, 0.1) is 0 Å². The summed E-state index contributed by atoms with van der Waals surface area (Å²) in [6, 6.07) is 13.3. The largest absolute Gasteiger partial charge is 0.338 e. The van der Waals surface area contributed by atoms with E-state index in [4.69, 9.17) is 11.6 Å². The van der Waals surface area contributed by atoms with Crippen molar-refractivity contribution in [2.24, 2.45) is 0 Å². The Hall–Kier alpha value is -2.00. The van der Waals surface area contributed by atoms with Crippen LogP contribution in [0.15, 0.2) is 42.5 Å². The van der Waals surface area contributed by atoms with E-state index in [1.165, 1.54) is 16.7 Å². The summed E-state index contributed by atoms with van der Waals surface area (Å²) in [7, 11) is 0. The predicted octanol–water partition coefficient (Wildman–Crippen LogP) is 4.32. The lowest BCUT2D eigenvalue weighted by atomic mass is 10.1. The molecule has 2 amide bonds. The van der Waals surface area contributed by atoms with Crippen LogP contribution in [0, 0.1) is 13.8 Å². The molecule has 0 saturated carbocycles. The van der Waals surface area contributed by atoms with Crippen LogP contribution in [-0.2, 0) is 6.42 Å². The van der Waals surface area contributed by atoms with Gasteiger partial charge in [-0.15, -0.1) is 0 Å². The minimum atomic E-state index is -0.207. The zero-order chi connectivity index (χ0) is 15.2. The minimum Gasteiger partial charge on any atom is -0.338 e. The van der Waals surface area contributed by atoms with Crippen LogP contribution in [0.5, 0.6) is 0 Å². The van der Waals surface area contributed by atoms with Gasteiger partial charge in [0.1, 0.15) is 0 Å². The van der Waals surface area contributed by atoms with Crippen LogP contribution < -0.4 is 10.6 Å². The first-order valence-corrected chi connectivity index (χ1v) is 7.28. The molecule has 0 saturated heterocycles. The summed E-state index contributed by atoms with van der Waals surface area (Å²) in [6.45, 7) is 4.76. The third kappa shape index (κ3) is 5.12. The Morgan fingerprint density at radius 3 is 2.29 bits per heavy atom. The van der Waals surface area contributed by atoms with Crippen molar-refractivity contribution in [1.82, 2.24) is 5.32 Å². The van der Waals surface area contributed by atoms with E-state index in [1.807, 2.05) is 0 Å². The van der Waals surface area contributed by atoms with Gasteiger partial charge in [0.25, 0.3) is 0 Å². The second kappa shape index (κ2) is 7.14. The molecular formula is C17H19ClN2O. The Kier molecular flexibility index (Phi) is 5.23. The van der Waals surface area contributed by atoms with Crippen LogP contribution in [0.25, 0.3) is 0 Å². The Labute approximate surface area is 130 Å². The smallest absolute Gasteiger partial charge is 0.319 e. The highest BCUT2D eigenvalue weighted by atomic mass is 35.5. The fourth-order valence-corrected chi connectivity index (χ4v) is 2.37. The van der Waals surface area contributed by atoms with E-state index >= 15 is 0 Å². The van der Waals surface area contributed by atoms with Crippen molar-refractivity contribution in [3.8, 4) is 0 Å². The number of halogens is 1. The van der Waals surface area contributed by atoms with Crippen molar-refractivity contribution in [2.75, 3.05) is 11.9 Å². The van der Waals surface area contributed by atoms with Gasteiger partial charge in [-0.3, -0.25) is 0 Å². The molecule has 21 heavy (non-hydrogen) atoms. The lowest BCUT2D eigenvalue weighted by Gasteiger charge is -2.09. The molecule has 0 aromatic heterocycles. The first-order valence-electron chi connectivity index (χ1n) is 6.90. The standard InChI is InChI=1S/C17H19ClN2O/c1-12-9-13(2)11-14(10-12)7-8-19-17(21)20-16-5-3-15(18)4-6-16/h3-6,9-11H,7-8H2,1-2H3,(H2,19,20,21). The summed E-state index contributed by atoms with van der Waals surface area (Å²) in [5.41, 5.74) is 4.45. The van der Waals surface area contributed by atoms with Crippen LogP contribution in [0.1, 0.15) is 16.7 Å². The number of urea groups is 1. The molecule has 0 radical (unpaired) electrons. The summed E-state index contributed by atoms with van der Waals surface area (Å²) in [6.07, 6.45) is 0.816. The normalized spacial score (nSPS) is 10.2. The highest BCUT2D eigenvalue weighted by Gasteiger charge is 2.02. The van der Waals surface area contributed by atoms with E-state index in [-0.39, 0.29) is 6.03 Å². The zero-order valence-electron chi connectivity index (χ0n) is 12.2. The molecule has 0 atom stereocenters. The number of rotatable bonds is 4.